The van der Waals surface area contributed by atoms with Gasteiger partial charge in [0.2, 0.25) is 0 Å². The third-order valence-electron chi connectivity index (χ3n) is 2.41. The van der Waals surface area contributed by atoms with Crippen LogP contribution >= 0.6 is 0 Å². The van der Waals surface area contributed by atoms with Gasteiger partial charge in [0.15, 0.2) is 0 Å². The lowest BCUT2D eigenvalue weighted by atomic mass is 10.1. The molecule has 0 bridgehead atoms. The van der Waals surface area contributed by atoms with Crippen LogP contribution < -0.4 is 5.32 Å². The van der Waals surface area contributed by atoms with E-state index in [-0.39, 0.29) is 11.9 Å². The van der Waals surface area contributed by atoms with Crippen molar-refractivity contribution in [1.29, 1.82) is 0 Å². The predicted octanol–water partition coefficient (Wildman–Crippen LogP) is 1.88. The van der Waals surface area contributed by atoms with Crippen LogP contribution in [0.1, 0.15) is 18.5 Å². The number of hydrogen-bond acceptors (Lipinski definition) is 2. The predicted molar refractivity (Wildman–Crippen MR) is 52.6 cm³/mol. The molecule has 1 aromatic rings. The third-order valence-corrected chi connectivity index (χ3v) is 2.41. The van der Waals surface area contributed by atoms with Gasteiger partial charge in [0.1, 0.15) is 5.82 Å². The first kappa shape index (κ1) is 9.62. The van der Waals surface area contributed by atoms with Gasteiger partial charge in [0, 0.05) is 6.04 Å². The molecule has 1 aliphatic rings. The largest absolute Gasteiger partial charge is 0.378 e. The number of nitrogens with one attached hydrogen (secondary N) is 1. The number of morpholine rings is 1. The summed E-state index contributed by atoms with van der Waals surface area (Å²) in [7, 11) is 0. The van der Waals surface area contributed by atoms with Crippen molar-refractivity contribution in [3.63, 3.8) is 0 Å². The molecule has 1 heterocycles. The van der Waals surface area contributed by atoms with Crippen molar-refractivity contribution in [3.8, 4) is 0 Å². The minimum Gasteiger partial charge on any atom is -0.378 e. The summed E-state index contributed by atoms with van der Waals surface area (Å²) in [6, 6.07) is 7.12. The lowest BCUT2D eigenvalue weighted by Gasteiger charge is -2.29. The fraction of sp³-hybridized carbons (Fsp3) is 0.455. The van der Waals surface area contributed by atoms with E-state index in [0.717, 1.165) is 12.2 Å². The van der Waals surface area contributed by atoms with Gasteiger partial charge in [-0.25, -0.2) is 4.39 Å². The van der Waals surface area contributed by atoms with E-state index < -0.39 is 0 Å². The second-order valence-corrected chi connectivity index (χ2v) is 3.71. The van der Waals surface area contributed by atoms with Crippen molar-refractivity contribution < 1.29 is 9.13 Å². The van der Waals surface area contributed by atoms with Crippen LogP contribution in [0.15, 0.2) is 24.3 Å². The van der Waals surface area contributed by atoms with E-state index in [9.17, 15) is 4.39 Å². The average molecular weight is 195 g/mol. The Balaban J connectivity index is 2.10. The zero-order valence-electron chi connectivity index (χ0n) is 8.16. The topological polar surface area (TPSA) is 21.3 Å². The lowest BCUT2D eigenvalue weighted by Crippen LogP contribution is -2.41. The van der Waals surface area contributed by atoms with Gasteiger partial charge >= 0.3 is 0 Å². The van der Waals surface area contributed by atoms with E-state index in [1.165, 1.54) is 12.1 Å². The summed E-state index contributed by atoms with van der Waals surface area (Å²) < 4.78 is 18.1. The molecule has 1 aliphatic heterocycles. The molecule has 0 amide bonds. The van der Waals surface area contributed by atoms with Crippen LogP contribution in [0, 0.1) is 5.82 Å². The molecule has 76 valence electrons. The van der Waals surface area contributed by atoms with Crippen molar-refractivity contribution in [2.45, 2.75) is 19.0 Å². The first-order chi connectivity index (χ1) is 6.75. The molecule has 0 aliphatic carbocycles. The van der Waals surface area contributed by atoms with Gasteiger partial charge in [-0.15, -0.1) is 0 Å². The van der Waals surface area contributed by atoms with Crippen molar-refractivity contribution >= 4 is 0 Å². The molecule has 0 unspecified atom stereocenters. The van der Waals surface area contributed by atoms with Crippen LogP contribution in [-0.2, 0) is 4.74 Å². The van der Waals surface area contributed by atoms with E-state index in [1.54, 1.807) is 12.1 Å². The highest BCUT2D eigenvalue weighted by molar-refractivity contribution is 5.20. The van der Waals surface area contributed by atoms with E-state index in [2.05, 4.69) is 12.2 Å². The molecule has 2 rings (SSSR count). The smallest absolute Gasteiger partial charge is 0.123 e. The molecule has 3 heteroatoms. The zero-order chi connectivity index (χ0) is 9.97. The van der Waals surface area contributed by atoms with Crippen LogP contribution in [0.25, 0.3) is 0 Å². The molecule has 1 aromatic carbocycles. The SMILES string of the molecule is C[C@H]1COC[C@@H](c2ccc(F)cc2)N1. The molecule has 2 atom stereocenters. The molecule has 0 saturated carbocycles. The van der Waals surface area contributed by atoms with Crippen LogP contribution in [-0.4, -0.2) is 19.3 Å². The number of halogens is 1. The van der Waals surface area contributed by atoms with Crippen LogP contribution in [0.4, 0.5) is 4.39 Å². The molecule has 1 saturated heterocycles. The minimum atomic E-state index is -0.196. The summed E-state index contributed by atoms with van der Waals surface area (Å²) in [6.45, 7) is 3.49. The zero-order valence-corrected chi connectivity index (χ0v) is 8.16. The Kier molecular flexibility index (Phi) is 2.79. The van der Waals surface area contributed by atoms with E-state index in [4.69, 9.17) is 4.74 Å². The molecule has 2 nitrogen and oxygen atoms in total. The van der Waals surface area contributed by atoms with Gasteiger partial charge in [-0.1, -0.05) is 12.1 Å². The van der Waals surface area contributed by atoms with E-state index >= 15 is 0 Å². The van der Waals surface area contributed by atoms with Crippen molar-refractivity contribution in [2.24, 2.45) is 0 Å². The fourth-order valence-corrected chi connectivity index (χ4v) is 1.69. The van der Waals surface area contributed by atoms with Crippen LogP contribution in [0.5, 0.6) is 0 Å². The van der Waals surface area contributed by atoms with Gasteiger partial charge in [-0.05, 0) is 24.6 Å². The van der Waals surface area contributed by atoms with Gasteiger partial charge in [-0.2, -0.15) is 0 Å². The van der Waals surface area contributed by atoms with E-state index in [0.29, 0.717) is 12.6 Å². The maximum Gasteiger partial charge on any atom is 0.123 e. The van der Waals surface area contributed by atoms with Crippen LogP contribution in [0.3, 0.4) is 0 Å². The average Bonchev–Trinajstić information content (AvgIpc) is 2.19. The van der Waals surface area contributed by atoms with E-state index in [1.807, 2.05) is 0 Å². The van der Waals surface area contributed by atoms with Crippen molar-refractivity contribution in [1.82, 2.24) is 5.32 Å². The molecule has 1 fully saturated rings. The maximum absolute atomic E-state index is 12.7. The fourth-order valence-electron chi connectivity index (χ4n) is 1.69. The molecule has 0 spiro atoms. The molecule has 1 N–H and O–H groups in total. The quantitative estimate of drug-likeness (QED) is 0.738. The summed E-state index contributed by atoms with van der Waals surface area (Å²) in [5.41, 5.74) is 1.08. The summed E-state index contributed by atoms with van der Waals surface area (Å²) in [4.78, 5) is 0. The monoisotopic (exact) mass is 195 g/mol. The van der Waals surface area contributed by atoms with Crippen molar-refractivity contribution in [2.75, 3.05) is 13.2 Å². The Morgan fingerprint density at radius 3 is 2.64 bits per heavy atom. The normalized spacial score (nSPS) is 27.6. The molecule has 0 aromatic heterocycles. The number of hydrogen-bond donors (Lipinski definition) is 1. The first-order valence-electron chi connectivity index (χ1n) is 4.85. The Morgan fingerprint density at radius 1 is 1.29 bits per heavy atom. The summed E-state index contributed by atoms with van der Waals surface area (Å²) in [6.07, 6.45) is 0. The van der Waals surface area contributed by atoms with Gasteiger partial charge in [0.05, 0.1) is 19.3 Å². The van der Waals surface area contributed by atoms with Gasteiger partial charge in [0.25, 0.3) is 0 Å². The summed E-state index contributed by atoms with van der Waals surface area (Å²) >= 11 is 0. The summed E-state index contributed by atoms with van der Waals surface area (Å²) in [5.74, 6) is -0.196. The maximum atomic E-state index is 12.7. The molecular formula is C11H14FNO. The van der Waals surface area contributed by atoms with Gasteiger partial charge in [-0.3, -0.25) is 0 Å². The summed E-state index contributed by atoms with van der Waals surface area (Å²) in [5, 5.41) is 3.40. The Morgan fingerprint density at radius 2 is 2.00 bits per heavy atom. The first-order valence-corrected chi connectivity index (χ1v) is 4.85. The Labute approximate surface area is 83.1 Å². The second-order valence-electron chi connectivity index (χ2n) is 3.71. The highest BCUT2D eigenvalue weighted by Crippen LogP contribution is 2.17. The number of rotatable bonds is 1. The highest BCUT2D eigenvalue weighted by Gasteiger charge is 2.19. The molecule has 0 radical (unpaired) electrons. The van der Waals surface area contributed by atoms with Crippen LogP contribution in [0.2, 0.25) is 0 Å². The number of ether oxygens (including phenoxy) is 1. The Hall–Kier alpha value is -0.930. The number of benzene rings is 1. The second kappa shape index (κ2) is 4.07. The highest BCUT2D eigenvalue weighted by atomic mass is 19.1. The minimum absolute atomic E-state index is 0.194. The van der Waals surface area contributed by atoms with Crippen molar-refractivity contribution in [3.05, 3.63) is 35.6 Å². The molecule has 14 heavy (non-hydrogen) atoms. The molecular weight excluding hydrogens is 181 g/mol. The lowest BCUT2D eigenvalue weighted by molar-refractivity contribution is 0.0504. The third kappa shape index (κ3) is 2.11. The standard InChI is InChI=1S/C11H14FNO/c1-8-6-14-7-11(13-8)9-2-4-10(12)5-3-9/h2-5,8,11,13H,6-7H2,1H3/t8-,11-/m0/s1. The van der Waals surface area contributed by atoms with Gasteiger partial charge < -0.3 is 10.1 Å². The Bertz CT molecular complexity index is 299.